The Kier molecular flexibility index (Phi) is 7.49. The molecule has 0 unspecified atom stereocenters. The fraction of sp³-hybridized carbons (Fsp3) is 0.100. The third-order valence-corrected chi connectivity index (χ3v) is 2.03. The van der Waals surface area contributed by atoms with E-state index in [2.05, 4.69) is 0 Å². The summed E-state index contributed by atoms with van der Waals surface area (Å²) in [6, 6.07) is 11.3. The fourth-order valence-corrected chi connectivity index (χ4v) is 1.33. The van der Waals surface area contributed by atoms with Crippen LogP contribution in [-0.2, 0) is 7.05 Å². The number of pyridine rings is 1. The van der Waals surface area contributed by atoms with Crippen LogP contribution >= 0.6 is 37.2 Å². The van der Waals surface area contributed by atoms with Crippen molar-refractivity contribution in [2.75, 3.05) is 0 Å². The van der Waals surface area contributed by atoms with E-state index in [-0.39, 0.29) is 42.8 Å². The zero-order chi connectivity index (χ0) is 8.55. The van der Waals surface area contributed by atoms with E-state index in [1.54, 1.807) is 17.7 Å². The molecule has 1 aromatic carbocycles. The lowest BCUT2D eigenvalue weighted by atomic mass is 10.2. The van der Waals surface area contributed by atoms with Gasteiger partial charge in [-0.3, -0.25) is 4.79 Å². The maximum absolute atomic E-state index is 11.2. The predicted molar refractivity (Wildman–Crippen MR) is 70.9 cm³/mol. The molecule has 0 saturated heterocycles. The van der Waals surface area contributed by atoms with Crippen molar-refractivity contribution in [3.63, 3.8) is 0 Å². The van der Waals surface area contributed by atoms with Gasteiger partial charge < -0.3 is 4.57 Å². The molecule has 0 N–H and O–H groups in total. The Balaban J connectivity index is 0. The van der Waals surface area contributed by atoms with E-state index >= 15 is 0 Å². The second kappa shape index (κ2) is 6.72. The first-order valence-electron chi connectivity index (χ1n) is 3.84. The van der Waals surface area contributed by atoms with Gasteiger partial charge in [-0.15, -0.1) is 37.2 Å². The van der Waals surface area contributed by atoms with Crippen LogP contribution in [0.2, 0.25) is 0 Å². The van der Waals surface area contributed by atoms with Crippen LogP contribution in [0.1, 0.15) is 0 Å². The highest BCUT2D eigenvalue weighted by molar-refractivity contribution is 5.86. The number of para-hydroxylation sites is 1. The van der Waals surface area contributed by atoms with Crippen LogP contribution in [0.3, 0.4) is 0 Å². The summed E-state index contributed by atoms with van der Waals surface area (Å²) in [6.45, 7) is 0. The van der Waals surface area contributed by atoms with Crippen molar-refractivity contribution < 1.29 is 0 Å². The molecule has 1 aromatic heterocycles. The van der Waals surface area contributed by atoms with Crippen LogP contribution in [-0.4, -0.2) is 4.57 Å². The molecule has 15 heavy (non-hydrogen) atoms. The van der Waals surface area contributed by atoms with Crippen LogP contribution in [0.15, 0.2) is 41.2 Å². The molecule has 1 heterocycles. The predicted octanol–water partition coefficient (Wildman–Crippen LogP) is 2.80. The minimum atomic E-state index is 0. The minimum Gasteiger partial charge on any atom is -0.311 e. The van der Waals surface area contributed by atoms with Crippen molar-refractivity contribution in [3.05, 3.63) is 46.8 Å². The Morgan fingerprint density at radius 2 is 1.53 bits per heavy atom. The zero-order valence-electron chi connectivity index (χ0n) is 8.04. The highest BCUT2D eigenvalue weighted by Gasteiger charge is 1.95. The van der Waals surface area contributed by atoms with Gasteiger partial charge in [-0.1, -0.05) is 18.2 Å². The van der Waals surface area contributed by atoms with E-state index in [0.29, 0.717) is 0 Å². The molecular weight excluding hydrogens is 256 g/mol. The SMILES string of the molecule is Cl.Cl.Cl.Cn1c(=O)ccc2ccccc21. The summed E-state index contributed by atoms with van der Waals surface area (Å²) in [5.74, 6) is 0. The van der Waals surface area contributed by atoms with Crippen molar-refractivity contribution in [1.29, 1.82) is 0 Å². The molecule has 0 spiro atoms. The summed E-state index contributed by atoms with van der Waals surface area (Å²) in [6.07, 6.45) is 0. The summed E-state index contributed by atoms with van der Waals surface area (Å²) in [4.78, 5) is 11.2. The molecule has 2 rings (SSSR count). The standard InChI is InChI=1S/C10H9NO.3ClH/c1-11-9-5-3-2-4-8(9)6-7-10(11)12;;;/h2-7H,1H3;3*1H. The number of aromatic nitrogens is 1. The van der Waals surface area contributed by atoms with Gasteiger partial charge >= 0.3 is 0 Å². The molecule has 0 amide bonds. The van der Waals surface area contributed by atoms with Gasteiger partial charge in [0.05, 0.1) is 5.52 Å². The molecular formula is C10H12Cl3NO. The number of benzene rings is 1. The van der Waals surface area contributed by atoms with Gasteiger partial charge in [0.2, 0.25) is 0 Å². The summed E-state index contributed by atoms with van der Waals surface area (Å²) in [5.41, 5.74) is 1.01. The van der Waals surface area contributed by atoms with Gasteiger partial charge in [0.25, 0.3) is 5.56 Å². The highest BCUT2D eigenvalue weighted by atomic mass is 35.5. The Morgan fingerprint density at radius 1 is 0.933 bits per heavy atom. The zero-order valence-corrected chi connectivity index (χ0v) is 10.5. The van der Waals surface area contributed by atoms with Crippen molar-refractivity contribution in [1.82, 2.24) is 4.57 Å². The van der Waals surface area contributed by atoms with E-state index in [1.807, 2.05) is 30.3 Å². The number of hydrogen-bond acceptors (Lipinski definition) is 1. The first-order chi connectivity index (χ1) is 5.79. The average Bonchev–Trinajstić information content (AvgIpc) is 2.12. The number of halogens is 3. The molecule has 0 bridgehead atoms. The maximum atomic E-state index is 11.2. The lowest BCUT2D eigenvalue weighted by Gasteiger charge is -2.01. The van der Waals surface area contributed by atoms with Crippen LogP contribution < -0.4 is 5.56 Å². The average molecular weight is 269 g/mol. The first-order valence-corrected chi connectivity index (χ1v) is 3.84. The van der Waals surface area contributed by atoms with Crippen LogP contribution in [0.4, 0.5) is 0 Å². The first kappa shape index (κ1) is 16.7. The Labute approximate surface area is 107 Å². The van der Waals surface area contributed by atoms with Crippen LogP contribution in [0, 0.1) is 0 Å². The van der Waals surface area contributed by atoms with E-state index < -0.39 is 0 Å². The summed E-state index contributed by atoms with van der Waals surface area (Å²) >= 11 is 0. The van der Waals surface area contributed by atoms with Crippen LogP contribution in [0.25, 0.3) is 10.9 Å². The van der Waals surface area contributed by atoms with Gasteiger partial charge in [-0.05, 0) is 17.5 Å². The lowest BCUT2D eigenvalue weighted by Crippen LogP contribution is -2.14. The molecule has 2 nitrogen and oxygen atoms in total. The Morgan fingerprint density at radius 3 is 2.20 bits per heavy atom. The quantitative estimate of drug-likeness (QED) is 0.720. The van der Waals surface area contributed by atoms with Gasteiger partial charge in [-0.25, -0.2) is 0 Å². The smallest absolute Gasteiger partial charge is 0.250 e. The molecule has 0 aliphatic carbocycles. The number of fused-ring (bicyclic) bond motifs is 1. The van der Waals surface area contributed by atoms with E-state index in [1.165, 1.54) is 0 Å². The molecule has 0 aliphatic rings. The summed E-state index contributed by atoms with van der Waals surface area (Å²) in [5, 5.41) is 1.10. The summed E-state index contributed by atoms with van der Waals surface area (Å²) in [7, 11) is 1.78. The molecule has 0 radical (unpaired) electrons. The monoisotopic (exact) mass is 267 g/mol. The van der Waals surface area contributed by atoms with E-state index in [0.717, 1.165) is 10.9 Å². The highest BCUT2D eigenvalue weighted by Crippen LogP contribution is 2.08. The molecule has 0 aliphatic heterocycles. The second-order valence-electron chi connectivity index (χ2n) is 2.79. The Hall–Kier alpha value is -0.700. The fourth-order valence-electron chi connectivity index (χ4n) is 1.33. The molecule has 0 saturated carbocycles. The number of nitrogens with zero attached hydrogens (tertiary/aromatic N) is 1. The van der Waals surface area contributed by atoms with Gasteiger partial charge in [0, 0.05) is 13.1 Å². The largest absolute Gasteiger partial charge is 0.311 e. The van der Waals surface area contributed by atoms with Crippen molar-refractivity contribution >= 4 is 48.1 Å². The van der Waals surface area contributed by atoms with Gasteiger partial charge in [0.1, 0.15) is 0 Å². The number of hydrogen-bond donors (Lipinski definition) is 0. The van der Waals surface area contributed by atoms with Crippen molar-refractivity contribution in [2.45, 2.75) is 0 Å². The summed E-state index contributed by atoms with van der Waals surface area (Å²) < 4.78 is 1.65. The lowest BCUT2D eigenvalue weighted by molar-refractivity contribution is 0.906. The molecule has 2 aromatic rings. The second-order valence-corrected chi connectivity index (χ2v) is 2.79. The molecule has 5 heteroatoms. The van der Waals surface area contributed by atoms with E-state index in [4.69, 9.17) is 0 Å². The van der Waals surface area contributed by atoms with Gasteiger partial charge in [-0.2, -0.15) is 0 Å². The molecule has 0 fully saturated rings. The minimum absolute atomic E-state index is 0. The molecule has 84 valence electrons. The normalized spacial score (nSPS) is 8.33. The third-order valence-electron chi connectivity index (χ3n) is 2.03. The Bertz CT molecular complexity index is 481. The number of rotatable bonds is 0. The number of aryl methyl sites for hydroxylation is 1. The van der Waals surface area contributed by atoms with Crippen LogP contribution in [0.5, 0.6) is 0 Å². The molecule has 0 atom stereocenters. The van der Waals surface area contributed by atoms with Crippen molar-refractivity contribution in [2.24, 2.45) is 7.05 Å². The third kappa shape index (κ3) is 3.13. The van der Waals surface area contributed by atoms with Gasteiger partial charge in [0.15, 0.2) is 0 Å². The maximum Gasteiger partial charge on any atom is 0.250 e. The topological polar surface area (TPSA) is 22.0 Å². The van der Waals surface area contributed by atoms with Crippen molar-refractivity contribution in [3.8, 4) is 0 Å². The van der Waals surface area contributed by atoms with E-state index in [9.17, 15) is 4.79 Å².